The number of aryl methyl sites for hydroxylation is 1. The maximum absolute atomic E-state index is 13.8. The Morgan fingerprint density at radius 1 is 1.15 bits per heavy atom. The van der Waals surface area contributed by atoms with Crippen molar-refractivity contribution < 1.29 is 13.9 Å². The highest BCUT2D eigenvalue weighted by atomic mass is 32.1. The second-order valence-electron chi connectivity index (χ2n) is 6.77. The number of thiophene rings is 1. The van der Waals surface area contributed by atoms with Gasteiger partial charge >= 0.3 is 0 Å². The van der Waals surface area contributed by atoms with Crippen molar-refractivity contribution in [2.45, 2.75) is 33.3 Å². The van der Waals surface area contributed by atoms with Crippen molar-refractivity contribution in [1.29, 1.82) is 0 Å². The van der Waals surface area contributed by atoms with E-state index in [0.717, 1.165) is 16.9 Å². The molecular formula is C22H22FNO2S. The molecule has 0 saturated carbocycles. The molecule has 1 heterocycles. The van der Waals surface area contributed by atoms with Crippen LogP contribution in [0.1, 0.15) is 46.1 Å². The van der Waals surface area contributed by atoms with Crippen LogP contribution < -0.4 is 10.1 Å². The second kappa shape index (κ2) is 8.35. The number of anilines is 1. The zero-order valence-electron chi connectivity index (χ0n) is 15.6. The number of carbonyl (C=O) groups excluding carboxylic acids is 1. The van der Waals surface area contributed by atoms with Crippen molar-refractivity contribution in [1.82, 2.24) is 0 Å². The molecule has 0 bridgehead atoms. The van der Waals surface area contributed by atoms with E-state index in [2.05, 4.69) is 31.3 Å². The smallest absolute Gasteiger partial charge is 0.265 e. The first kappa shape index (κ1) is 19.1. The number of rotatable bonds is 6. The third-order valence-electron chi connectivity index (χ3n) is 4.20. The normalized spacial score (nSPS) is 10.9. The summed E-state index contributed by atoms with van der Waals surface area (Å²) in [6, 6.07) is 14.4. The lowest BCUT2D eigenvalue weighted by atomic mass is 10.0. The van der Waals surface area contributed by atoms with Crippen LogP contribution in [0, 0.1) is 12.7 Å². The van der Waals surface area contributed by atoms with Gasteiger partial charge in [-0.2, -0.15) is 0 Å². The van der Waals surface area contributed by atoms with Gasteiger partial charge in [0.2, 0.25) is 0 Å². The van der Waals surface area contributed by atoms with Gasteiger partial charge in [-0.05, 0) is 59.7 Å². The monoisotopic (exact) mass is 383 g/mol. The molecule has 0 atom stereocenters. The van der Waals surface area contributed by atoms with E-state index < -0.39 is 5.82 Å². The summed E-state index contributed by atoms with van der Waals surface area (Å²) in [5, 5.41) is 4.51. The zero-order valence-corrected chi connectivity index (χ0v) is 16.4. The van der Waals surface area contributed by atoms with Gasteiger partial charge in [-0.15, -0.1) is 11.3 Å². The van der Waals surface area contributed by atoms with E-state index >= 15 is 0 Å². The molecule has 5 heteroatoms. The van der Waals surface area contributed by atoms with Crippen LogP contribution in [-0.2, 0) is 6.61 Å². The van der Waals surface area contributed by atoms with E-state index in [4.69, 9.17) is 4.74 Å². The summed E-state index contributed by atoms with van der Waals surface area (Å²) in [6.07, 6.45) is 0. The molecule has 0 radical (unpaired) electrons. The standard InChI is InChI=1S/C22H22FNO2S/c1-14(2)17-5-7-18(8-6-17)26-12-16-11-21(27-13-16)22(25)24-20-10-15(3)4-9-19(20)23/h4-11,13-14H,12H2,1-3H3,(H,24,25). The molecule has 0 aliphatic rings. The SMILES string of the molecule is Cc1ccc(F)c(NC(=O)c2cc(COc3ccc(C(C)C)cc3)cs2)c1. The summed E-state index contributed by atoms with van der Waals surface area (Å²) in [5.74, 6) is 0.504. The van der Waals surface area contributed by atoms with Crippen LogP contribution in [0.3, 0.4) is 0 Å². The van der Waals surface area contributed by atoms with E-state index in [1.165, 1.54) is 23.0 Å². The topological polar surface area (TPSA) is 38.3 Å². The van der Waals surface area contributed by atoms with Gasteiger partial charge in [0, 0.05) is 5.56 Å². The molecular weight excluding hydrogens is 361 g/mol. The fourth-order valence-electron chi connectivity index (χ4n) is 2.60. The summed E-state index contributed by atoms with van der Waals surface area (Å²) in [4.78, 5) is 12.9. The molecule has 0 saturated heterocycles. The van der Waals surface area contributed by atoms with E-state index in [0.29, 0.717) is 17.4 Å². The van der Waals surface area contributed by atoms with E-state index in [9.17, 15) is 9.18 Å². The molecule has 3 aromatic rings. The Hall–Kier alpha value is -2.66. The van der Waals surface area contributed by atoms with Crippen molar-refractivity contribution in [3.05, 3.63) is 81.3 Å². The number of benzene rings is 2. The molecule has 1 amide bonds. The first-order valence-electron chi connectivity index (χ1n) is 8.80. The van der Waals surface area contributed by atoms with Crippen LogP contribution in [0.5, 0.6) is 5.75 Å². The average Bonchev–Trinajstić information content (AvgIpc) is 3.12. The van der Waals surface area contributed by atoms with Crippen LogP contribution in [0.2, 0.25) is 0 Å². The summed E-state index contributed by atoms with van der Waals surface area (Å²) >= 11 is 1.31. The quantitative estimate of drug-likeness (QED) is 0.554. The Morgan fingerprint density at radius 3 is 2.59 bits per heavy atom. The molecule has 0 aliphatic carbocycles. The fourth-order valence-corrected chi connectivity index (χ4v) is 3.40. The predicted molar refractivity (Wildman–Crippen MR) is 108 cm³/mol. The zero-order chi connectivity index (χ0) is 19.4. The van der Waals surface area contributed by atoms with Gasteiger partial charge in [0.1, 0.15) is 18.2 Å². The van der Waals surface area contributed by atoms with Gasteiger partial charge in [-0.25, -0.2) is 4.39 Å². The van der Waals surface area contributed by atoms with Crippen molar-refractivity contribution in [2.75, 3.05) is 5.32 Å². The minimum Gasteiger partial charge on any atom is -0.489 e. The Morgan fingerprint density at radius 2 is 1.89 bits per heavy atom. The van der Waals surface area contributed by atoms with Crippen LogP contribution in [0.25, 0.3) is 0 Å². The molecule has 27 heavy (non-hydrogen) atoms. The minimum atomic E-state index is -0.445. The van der Waals surface area contributed by atoms with E-state index in [-0.39, 0.29) is 11.6 Å². The largest absolute Gasteiger partial charge is 0.489 e. The van der Waals surface area contributed by atoms with Gasteiger partial charge in [-0.1, -0.05) is 32.0 Å². The van der Waals surface area contributed by atoms with Crippen LogP contribution in [0.4, 0.5) is 10.1 Å². The summed E-state index contributed by atoms with van der Waals surface area (Å²) in [7, 11) is 0. The summed E-state index contributed by atoms with van der Waals surface area (Å²) in [6.45, 7) is 6.53. The highest BCUT2D eigenvalue weighted by molar-refractivity contribution is 7.12. The third kappa shape index (κ3) is 4.95. The fraction of sp³-hybridized carbons (Fsp3) is 0.227. The number of halogens is 1. The van der Waals surface area contributed by atoms with Crippen LogP contribution >= 0.6 is 11.3 Å². The predicted octanol–water partition coefficient (Wildman–Crippen LogP) is 6.15. The van der Waals surface area contributed by atoms with Crippen molar-refractivity contribution in [3.63, 3.8) is 0 Å². The minimum absolute atomic E-state index is 0.191. The highest BCUT2D eigenvalue weighted by Crippen LogP contribution is 2.22. The maximum atomic E-state index is 13.8. The van der Waals surface area contributed by atoms with Crippen molar-refractivity contribution >= 4 is 22.9 Å². The molecule has 3 rings (SSSR count). The number of nitrogens with one attached hydrogen (secondary N) is 1. The van der Waals surface area contributed by atoms with Crippen LogP contribution in [0.15, 0.2) is 53.9 Å². The van der Waals surface area contributed by atoms with Gasteiger partial charge in [0.25, 0.3) is 5.91 Å². The maximum Gasteiger partial charge on any atom is 0.265 e. The number of amides is 1. The number of carbonyl (C=O) groups is 1. The molecule has 0 aliphatic heterocycles. The van der Waals surface area contributed by atoms with Crippen molar-refractivity contribution in [2.24, 2.45) is 0 Å². The van der Waals surface area contributed by atoms with E-state index in [1.807, 2.05) is 24.4 Å². The van der Waals surface area contributed by atoms with Gasteiger partial charge in [-0.3, -0.25) is 4.79 Å². The lowest BCUT2D eigenvalue weighted by Gasteiger charge is -2.08. The number of hydrogen-bond acceptors (Lipinski definition) is 3. The molecule has 2 aromatic carbocycles. The Balaban J connectivity index is 1.60. The van der Waals surface area contributed by atoms with Gasteiger partial charge in [0.15, 0.2) is 0 Å². The lowest BCUT2D eigenvalue weighted by Crippen LogP contribution is -2.11. The summed E-state index contributed by atoms with van der Waals surface area (Å²) < 4.78 is 19.6. The summed E-state index contributed by atoms with van der Waals surface area (Å²) in [5.41, 5.74) is 3.25. The molecule has 1 aromatic heterocycles. The number of hydrogen-bond donors (Lipinski definition) is 1. The Labute approximate surface area is 162 Å². The van der Waals surface area contributed by atoms with Gasteiger partial charge in [0.05, 0.1) is 10.6 Å². The molecule has 0 fully saturated rings. The first-order valence-corrected chi connectivity index (χ1v) is 9.68. The number of ether oxygens (including phenoxy) is 1. The Kier molecular flexibility index (Phi) is 5.91. The first-order chi connectivity index (χ1) is 12.9. The second-order valence-corrected chi connectivity index (χ2v) is 7.68. The molecule has 1 N–H and O–H groups in total. The lowest BCUT2D eigenvalue weighted by molar-refractivity contribution is 0.103. The average molecular weight is 383 g/mol. The molecule has 140 valence electrons. The molecule has 3 nitrogen and oxygen atoms in total. The van der Waals surface area contributed by atoms with E-state index in [1.54, 1.807) is 18.2 Å². The highest BCUT2D eigenvalue weighted by Gasteiger charge is 2.12. The molecule has 0 spiro atoms. The van der Waals surface area contributed by atoms with Crippen LogP contribution in [-0.4, -0.2) is 5.91 Å². The third-order valence-corrected chi connectivity index (χ3v) is 5.18. The van der Waals surface area contributed by atoms with Gasteiger partial charge < -0.3 is 10.1 Å². The Bertz CT molecular complexity index is 932. The molecule has 0 unspecified atom stereocenters. The van der Waals surface area contributed by atoms with Crippen molar-refractivity contribution in [3.8, 4) is 5.75 Å².